The summed E-state index contributed by atoms with van der Waals surface area (Å²) in [6.07, 6.45) is 2.21. The summed E-state index contributed by atoms with van der Waals surface area (Å²) >= 11 is 0. The number of aliphatic carboxylic acids is 1. The van der Waals surface area contributed by atoms with E-state index in [1.54, 1.807) is 19.1 Å². The van der Waals surface area contributed by atoms with Crippen molar-refractivity contribution in [2.75, 3.05) is 0 Å². The molecule has 1 aromatic heterocycles. The van der Waals surface area contributed by atoms with Gasteiger partial charge >= 0.3 is 5.97 Å². The van der Waals surface area contributed by atoms with Crippen LogP contribution in [0.1, 0.15) is 44.1 Å². The average Bonchev–Trinajstić information content (AvgIpc) is 3.08. The second-order valence-corrected chi connectivity index (χ2v) is 6.08. The van der Waals surface area contributed by atoms with Gasteiger partial charge in [0.1, 0.15) is 11.9 Å². The van der Waals surface area contributed by atoms with Crippen LogP contribution >= 0.6 is 0 Å². The minimum atomic E-state index is -1.04. The maximum Gasteiger partial charge on any atom is 0.326 e. The van der Waals surface area contributed by atoms with Gasteiger partial charge in [-0.2, -0.15) is 4.98 Å². The van der Waals surface area contributed by atoms with Crippen molar-refractivity contribution in [3.8, 4) is 11.4 Å². The number of hydrogen-bond acceptors (Lipinski definition) is 5. The zero-order valence-electron chi connectivity index (χ0n) is 14.8. The summed E-state index contributed by atoms with van der Waals surface area (Å²) in [6.45, 7) is 3.60. The van der Waals surface area contributed by atoms with E-state index in [0.29, 0.717) is 23.4 Å². The third-order valence-electron chi connectivity index (χ3n) is 3.93. The molecule has 1 aromatic carbocycles. The zero-order chi connectivity index (χ0) is 19.1. The van der Waals surface area contributed by atoms with Gasteiger partial charge in [-0.3, -0.25) is 4.79 Å². The molecule has 1 amide bonds. The number of carboxylic acids is 1. The lowest BCUT2D eigenvalue weighted by Crippen LogP contribution is -2.40. The van der Waals surface area contributed by atoms with Crippen molar-refractivity contribution in [3.63, 3.8) is 0 Å². The molecule has 2 N–H and O–H groups in total. The molecular formula is C18H22FN3O4. The topological polar surface area (TPSA) is 105 Å². The minimum Gasteiger partial charge on any atom is -0.480 e. The number of halogens is 1. The molecule has 0 aliphatic rings. The molecule has 0 spiro atoms. The van der Waals surface area contributed by atoms with E-state index in [9.17, 15) is 14.0 Å². The molecule has 1 heterocycles. The van der Waals surface area contributed by atoms with Crippen LogP contribution in [-0.2, 0) is 16.0 Å². The molecule has 0 saturated carbocycles. The molecule has 1 unspecified atom stereocenters. The second kappa shape index (κ2) is 9.07. The van der Waals surface area contributed by atoms with Crippen molar-refractivity contribution in [1.82, 2.24) is 15.5 Å². The quantitative estimate of drug-likeness (QED) is 0.710. The number of amides is 1. The summed E-state index contributed by atoms with van der Waals surface area (Å²) in [5.41, 5.74) is 1.09. The van der Waals surface area contributed by atoms with Crippen molar-refractivity contribution >= 4 is 11.9 Å². The van der Waals surface area contributed by atoms with Gasteiger partial charge in [-0.15, -0.1) is 0 Å². The van der Waals surface area contributed by atoms with E-state index in [-0.39, 0.29) is 30.5 Å². The number of carbonyl (C=O) groups excluding carboxylic acids is 1. The first-order chi connectivity index (χ1) is 12.4. The fourth-order valence-corrected chi connectivity index (χ4v) is 2.41. The van der Waals surface area contributed by atoms with Crippen molar-refractivity contribution in [3.05, 3.63) is 35.5 Å². The van der Waals surface area contributed by atoms with Gasteiger partial charge in [0.25, 0.3) is 0 Å². The predicted molar refractivity (Wildman–Crippen MR) is 91.8 cm³/mol. The van der Waals surface area contributed by atoms with Gasteiger partial charge < -0.3 is 14.9 Å². The highest BCUT2D eigenvalue weighted by atomic mass is 19.1. The zero-order valence-corrected chi connectivity index (χ0v) is 14.8. The van der Waals surface area contributed by atoms with E-state index >= 15 is 0 Å². The number of carboxylic acid groups (broad SMARTS) is 1. The fraction of sp³-hybridized carbons (Fsp3) is 0.444. The predicted octanol–water partition coefficient (Wildman–Crippen LogP) is 2.88. The number of benzene rings is 1. The van der Waals surface area contributed by atoms with Gasteiger partial charge in [0, 0.05) is 18.4 Å². The standard InChI is InChI=1S/C18H22FN3O4/c1-3-4-5-14(18(24)25)20-15(23)8-9-16-21-17(22-26-16)12-6-7-13(19)11(2)10-12/h6-7,10,14H,3-5,8-9H2,1-2H3,(H,20,23)(H,24,25). The van der Waals surface area contributed by atoms with Crippen LogP contribution in [0.2, 0.25) is 0 Å². The highest BCUT2D eigenvalue weighted by Crippen LogP contribution is 2.19. The molecule has 2 rings (SSSR count). The highest BCUT2D eigenvalue weighted by Gasteiger charge is 2.19. The van der Waals surface area contributed by atoms with Gasteiger partial charge in [0.2, 0.25) is 17.6 Å². The number of aromatic nitrogens is 2. The fourth-order valence-electron chi connectivity index (χ4n) is 2.41. The van der Waals surface area contributed by atoms with E-state index in [4.69, 9.17) is 9.63 Å². The SMILES string of the molecule is CCCCC(NC(=O)CCc1nc(-c2ccc(F)c(C)c2)no1)C(=O)O. The molecule has 26 heavy (non-hydrogen) atoms. The molecule has 2 aromatic rings. The number of rotatable bonds is 9. The number of unbranched alkanes of at least 4 members (excludes halogenated alkanes) is 1. The Morgan fingerprint density at radius 3 is 2.81 bits per heavy atom. The Morgan fingerprint density at radius 2 is 2.15 bits per heavy atom. The Bertz CT molecular complexity index is 776. The monoisotopic (exact) mass is 363 g/mol. The Hall–Kier alpha value is -2.77. The lowest BCUT2D eigenvalue weighted by molar-refractivity contribution is -0.142. The molecular weight excluding hydrogens is 341 g/mol. The molecule has 0 bridgehead atoms. The average molecular weight is 363 g/mol. The van der Waals surface area contributed by atoms with Crippen molar-refractivity contribution in [1.29, 1.82) is 0 Å². The molecule has 0 aliphatic heterocycles. The smallest absolute Gasteiger partial charge is 0.326 e. The molecule has 140 valence electrons. The molecule has 7 nitrogen and oxygen atoms in total. The Kier molecular flexibility index (Phi) is 6.82. The van der Waals surface area contributed by atoms with Crippen LogP contribution in [0.4, 0.5) is 4.39 Å². The van der Waals surface area contributed by atoms with Crippen molar-refractivity contribution < 1.29 is 23.6 Å². The van der Waals surface area contributed by atoms with Crippen LogP contribution in [0, 0.1) is 12.7 Å². The van der Waals surface area contributed by atoms with Gasteiger partial charge in [0.15, 0.2) is 0 Å². The summed E-state index contributed by atoms with van der Waals surface area (Å²) in [4.78, 5) is 27.3. The lowest BCUT2D eigenvalue weighted by atomic mass is 10.1. The summed E-state index contributed by atoms with van der Waals surface area (Å²) in [6, 6.07) is 3.61. The Labute approximate surface area is 150 Å². The van der Waals surface area contributed by atoms with Crippen LogP contribution in [0.15, 0.2) is 22.7 Å². The number of carbonyl (C=O) groups is 2. The van der Waals surface area contributed by atoms with Crippen LogP contribution in [0.25, 0.3) is 11.4 Å². The van der Waals surface area contributed by atoms with Crippen molar-refractivity contribution in [2.24, 2.45) is 0 Å². The van der Waals surface area contributed by atoms with Crippen LogP contribution < -0.4 is 5.32 Å². The first-order valence-electron chi connectivity index (χ1n) is 8.52. The third kappa shape index (κ3) is 5.37. The number of nitrogens with one attached hydrogen (secondary N) is 1. The maximum atomic E-state index is 13.3. The number of hydrogen-bond donors (Lipinski definition) is 2. The van der Waals surface area contributed by atoms with Gasteiger partial charge in [-0.25, -0.2) is 9.18 Å². The van der Waals surface area contributed by atoms with Crippen LogP contribution in [0.5, 0.6) is 0 Å². The van der Waals surface area contributed by atoms with E-state index in [0.717, 1.165) is 12.8 Å². The van der Waals surface area contributed by atoms with Crippen LogP contribution in [0.3, 0.4) is 0 Å². The number of nitrogens with zero attached hydrogens (tertiary/aromatic N) is 2. The van der Waals surface area contributed by atoms with E-state index in [1.807, 2.05) is 6.92 Å². The molecule has 0 radical (unpaired) electrons. The molecule has 0 aliphatic carbocycles. The normalized spacial score (nSPS) is 12.0. The first kappa shape index (κ1) is 19.6. The minimum absolute atomic E-state index is 0.0417. The summed E-state index contributed by atoms with van der Waals surface area (Å²) in [5, 5.41) is 15.5. The van der Waals surface area contributed by atoms with E-state index in [2.05, 4.69) is 15.5 Å². The second-order valence-electron chi connectivity index (χ2n) is 6.08. The van der Waals surface area contributed by atoms with E-state index < -0.39 is 12.0 Å². The highest BCUT2D eigenvalue weighted by molar-refractivity contribution is 5.83. The molecule has 8 heteroatoms. The van der Waals surface area contributed by atoms with Gasteiger partial charge in [-0.05, 0) is 37.1 Å². The Morgan fingerprint density at radius 1 is 1.38 bits per heavy atom. The summed E-state index contributed by atoms with van der Waals surface area (Å²) in [7, 11) is 0. The molecule has 1 atom stereocenters. The molecule has 0 saturated heterocycles. The third-order valence-corrected chi connectivity index (χ3v) is 3.93. The van der Waals surface area contributed by atoms with Gasteiger partial charge in [0.05, 0.1) is 0 Å². The largest absolute Gasteiger partial charge is 0.480 e. The first-order valence-corrected chi connectivity index (χ1v) is 8.52. The number of aryl methyl sites for hydroxylation is 2. The summed E-state index contributed by atoms with van der Waals surface area (Å²) in [5.74, 6) is -1.16. The lowest BCUT2D eigenvalue weighted by Gasteiger charge is -2.13. The maximum absolute atomic E-state index is 13.3. The Balaban J connectivity index is 1.91. The van der Waals surface area contributed by atoms with Gasteiger partial charge in [-0.1, -0.05) is 24.9 Å². The summed E-state index contributed by atoms with van der Waals surface area (Å²) < 4.78 is 18.4. The van der Waals surface area contributed by atoms with Crippen molar-refractivity contribution in [2.45, 2.75) is 52.0 Å². The van der Waals surface area contributed by atoms with E-state index in [1.165, 1.54) is 6.07 Å². The van der Waals surface area contributed by atoms with Crippen LogP contribution in [-0.4, -0.2) is 33.2 Å². The molecule has 0 fully saturated rings.